The first-order valence-electron chi connectivity index (χ1n) is 6.63. The molecule has 1 aromatic rings. The number of carbonyl (C=O) groups is 1. The van der Waals surface area contributed by atoms with Crippen LogP contribution in [0.1, 0.15) is 25.8 Å². The molecule has 1 aliphatic heterocycles. The van der Waals surface area contributed by atoms with Crippen LogP contribution in [0.3, 0.4) is 0 Å². The van der Waals surface area contributed by atoms with Crippen LogP contribution in [-0.4, -0.2) is 32.3 Å². The highest BCUT2D eigenvalue weighted by Gasteiger charge is 2.31. The summed E-state index contributed by atoms with van der Waals surface area (Å²) < 4.78 is 32.2. The van der Waals surface area contributed by atoms with Gasteiger partial charge in [-0.3, -0.25) is 0 Å². The molecule has 0 atom stereocenters. The molecule has 2 N–H and O–H groups in total. The minimum atomic E-state index is -4.12. The highest BCUT2D eigenvalue weighted by atomic mass is 32.2. The van der Waals surface area contributed by atoms with E-state index < -0.39 is 22.4 Å². The molecule has 0 saturated carbocycles. The van der Waals surface area contributed by atoms with E-state index in [1.54, 1.807) is 26.0 Å². The molecule has 1 aromatic carbocycles. The predicted molar refractivity (Wildman–Crippen MR) is 77.4 cm³/mol. The Labute approximate surface area is 123 Å². The molecular weight excluding hydrogens is 296 g/mol. The summed E-state index contributed by atoms with van der Waals surface area (Å²) in [6.45, 7) is 3.43. The molecule has 21 heavy (non-hydrogen) atoms. The summed E-state index contributed by atoms with van der Waals surface area (Å²) in [6, 6.07) is 4.83. The van der Waals surface area contributed by atoms with Gasteiger partial charge >= 0.3 is 16.3 Å². The van der Waals surface area contributed by atoms with Crippen LogP contribution in [0.25, 0.3) is 0 Å². The average Bonchev–Trinajstić information content (AvgIpc) is 2.36. The minimum Gasteiger partial charge on any atom is -0.506 e. The van der Waals surface area contributed by atoms with E-state index >= 15 is 0 Å². The maximum atomic E-state index is 12.3. The van der Waals surface area contributed by atoms with Gasteiger partial charge in [-0.15, -0.1) is 0 Å². The molecule has 7 nitrogen and oxygen atoms in total. The van der Waals surface area contributed by atoms with Crippen LogP contribution >= 0.6 is 0 Å². The van der Waals surface area contributed by atoms with E-state index in [4.69, 9.17) is 4.74 Å². The van der Waals surface area contributed by atoms with Crippen LogP contribution < -0.4 is 9.03 Å². The van der Waals surface area contributed by atoms with Crippen molar-refractivity contribution in [3.05, 3.63) is 23.8 Å². The van der Waals surface area contributed by atoms with E-state index in [0.29, 0.717) is 12.8 Å². The van der Waals surface area contributed by atoms with Gasteiger partial charge in [-0.25, -0.2) is 13.8 Å². The van der Waals surface area contributed by atoms with Gasteiger partial charge in [0.15, 0.2) is 0 Å². The van der Waals surface area contributed by atoms with Crippen molar-refractivity contribution in [1.82, 2.24) is 4.72 Å². The first-order valence-corrected chi connectivity index (χ1v) is 8.07. The fourth-order valence-electron chi connectivity index (χ4n) is 2.23. The number of nitrogens with one attached hydrogen (secondary N) is 1. The number of hydrogen-bond donors (Lipinski definition) is 2. The van der Waals surface area contributed by atoms with Crippen molar-refractivity contribution in [3.63, 3.8) is 0 Å². The Morgan fingerprint density at radius 2 is 2.14 bits per heavy atom. The van der Waals surface area contributed by atoms with Crippen molar-refractivity contribution >= 4 is 22.0 Å². The van der Waals surface area contributed by atoms with Gasteiger partial charge in [-0.05, 0) is 38.3 Å². The van der Waals surface area contributed by atoms with Gasteiger partial charge in [0.05, 0.1) is 11.8 Å². The second-order valence-corrected chi connectivity index (χ2v) is 6.62. The third-order valence-electron chi connectivity index (χ3n) is 3.00. The summed E-state index contributed by atoms with van der Waals surface area (Å²) in [5, 5.41) is 9.92. The van der Waals surface area contributed by atoms with Crippen molar-refractivity contribution in [2.24, 2.45) is 0 Å². The highest BCUT2D eigenvalue weighted by Crippen LogP contribution is 2.36. The lowest BCUT2D eigenvalue weighted by atomic mass is 10.0. The number of fused-ring (bicyclic) bond motifs is 1. The standard InChI is InChI=1S/C13H18N2O5S/c1-9(2)20-13(17)14-21(18,19)15-8-4-6-10-5-3-7-11(16)12(10)15/h3,5,7,9,16H,4,6,8H2,1-2H3,(H,14,17). The first kappa shape index (κ1) is 15.4. The summed E-state index contributed by atoms with van der Waals surface area (Å²) in [6.07, 6.45) is -0.183. The Morgan fingerprint density at radius 1 is 1.43 bits per heavy atom. The lowest BCUT2D eigenvalue weighted by Gasteiger charge is -2.30. The van der Waals surface area contributed by atoms with Crippen molar-refractivity contribution < 1.29 is 23.1 Å². The molecule has 0 saturated heterocycles. The van der Waals surface area contributed by atoms with Crippen LogP contribution in [-0.2, 0) is 21.4 Å². The van der Waals surface area contributed by atoms with E-state index in [1.807, 2.05) is 4.72 Å². The fraction of sp³-hybridized carbons (Fsp3) is 0.462. The fourth-order valence-corrected chi connectivity index (χ4v) is 3.42. The molecule has 1 heterocycles. The highest BCUT2D eigenvalue weighted by molar-refractivity contribution is 7.91. The lowest BCUT2D eigenvalue weighted by Crippen LogP contribution is -2.46. The zero-order valence-electron chi connectivity index (χ0n) is 11.9. The van der Waals surface area contributed by atoms with Gasteiger partial charge in [-0.1, -0.05) is 12.1 Å². The molecule has 2 rings (SSSR count). The summed E-state index contributed by atoms with van der Waals surface area (Å²) in [5.41, 5.74) is 0.942. The van der Waals surface area contributed by atoms with E-state index in [1.165, 1.54) is 6.07 Å². The first-order chi connectivity index (χ1) is 9.81. The molecular formula is C13H18N2O5S. The second kappa shape index (κ2) is 5.80. The van der Waals surface area contributed by atoms with Crippen LogP contribution in [0, 0.1) is 0 Å². The number of anilines is 1. The summed E-state index contributed by atoms with van der Waals surface area (Å²) in [4.78, 5) is 11.5. The molecule has 0 unspecified atom stereocenters. The number of carbonyl (C=O) groups excluding carboxylic acids is 1. The van der Waals surface area contributed by atoms with Crippen LogP contribution in [0.2, 0.25) is 0 Å². The molecule has 0 spiro atoms. The van der Waals surface area contributed by atoms with Gasteiger partial charge in [0.2, 0.25) is 0 Å². The van der Waals surface area contributed by atoms with Crippen LogP contribution in [0.15, 0.2) is 18.2 Å². The van der Waals surface area contributed by atoms with Crippen molar-refractivity contribution in [1.29, 1.82) is 0 Å². The topological polar surface area (TPSA) is 95.9 Å². The molecule has 0 bridgehead atoms. The van der Waals surface area contributed by atoms with E-state index in [0.717, 1.165) is 9.87 Å². The third-order valence-corrected chi connectivity index (χ3v) is 4.37. The van der Waals surface area contributed by atoms with Crippen molar-refractivity contribution in [2.45, 2.75) is 32.8 Å². The molecule has 116 valence electrons. The smallest absolute Gasteiger partial charge is 0.422 e. The number of phenolic OH excluding ortho intramolecular Hbond substituents is 1. The largest absolute Gasteiger partial charge is 0.506 e. The van der Waals surface area contributed by atoms with Gasteiger partial charge in [0.25, 0.3) is 0 Å². The predicted octanol–water partition coefficient (Wildman–Crippen LogP) is 1.52. The number of nitrogens with zero attached hydrogens (tertiary/aromatic N) is 1. The number of para-hydroxylation sites is 1. The number of aromatic hydroxyl groups is 1. The number of aryl methyl sites for hydroxylation is 1. The van der Waals surface area contributed by atoms with E-state index in [2.05, 4.69) is 0 Å². The van der Waals surface area contributed by atoms with Crippen molar-refractivity contribution in [2.75, 3.05) is 10.8 Å². The second-order valence-electron chi connectivity index (χ2n) is 5.02. The third kappa shape index (κ3) is 3.38. The number of benzene rings is 1. The molecule has 0 fully saturated rings. The summed E-state index contributed by atoms with van der Waals surface area (Å²) in [7, 11) is -4.12. The zero-order chi connectivity index (χ0) is 15.6. The number of ether oxygens (including phenoxy) is 1. The van der Waals surface area contributed by atoms with Crippen LogP contribution in [0.4, 0.5) is 10.5 Å². The SMILES string of the molecule is CC(C)OC(=O)NS(=O)(=O)N1CCCc2cccc(O)c21. The molecule has 0 aliphatic carbocycles. The number of hydrogen-bond acceptors (Lipinski definition) is 5. The monoisotopic (exact) mass is 314 g/mol. The Balaban J connectivity index is 2.29. The Morgan fingerprint density at radius 3 is 2.81 bits per heavy atom. The molecule has 1 aliphatic rings. The molecule has 8 heteroatoms. The lowest BCUT2D eigenvalue weighted by molar-refractivity contribution is 0.121. The van der Waals surface area contributed by atoms with Gasteiger partial charge in [-0.2, -0.15) is 8.42 Å². The minimum absolute atomic E-state index is 0.130. The van der Waals surface area contributed by atoms with Crippen molar-refractivity contribution in [3.8, 4) is 5.75 Å². The summed E-state index contributed by atoms with van der Waals surface area (Å²) in [5.74, 6) is -0.130. The summed E-state index contributed by atoms with van der Waals surface area (Å²) >= 11 is 0. The molecule has 0 radical (unpaired) electrons. The Bertz CT molecular complexity index is 642. The van der Waals surface area contributed by atoms with Gasteiger partial charge < -0.3 is 9.84 Å². The average molecular weight is 314 g/mol. The normalized spacial score (nSPS) is 14.7. The van der Waals surface area contributed by atoms with Gasteiger partial charge in [0, 0.05) is 6.54 Å². The van der Waals surface area contributed by atoms with Crippen LogP contribution in [0.5, 0.6) is 5.75 Å². The number of phenols is 1. The van der Waals surface area contributed by atoms with E-state index in [9.17, 15) is 18.3 Å². The number of amides is 1. The van der Waals surface area contributed by atoms with E-state index in [-0.39, 0.29) is 18.0 Å². The Kier molecular flexibility index (Phi) is 4.26. The maximum absolute atomic E-state index is 12.3. The quantitative estimate of drug-likeness (QED) is 0.882. The Hall–Kier alpha value is -1.96. The molecule has 0 aromatic heterocycles. The zero-order valence-corrected chi connectivity index (χ0v) is 12.7. The maximum Gasteiger partial charge on any atom is 0.422 e. The number of rotatable bonds is 3. The van der Waals surface area contributed by atoms with Gasteiger partial charge in [0.1, 0.15) is 5.75 Å². The molecule has 1 amide bonds.